The zero-order valence-electron chi connectivity index (χ0n) is 11.8. The molecule has 7 heteroatoms. The Hall–Kier alpha value is -1.76. The van der Waals surface area contributed by atoms with Gasteiger partial charge in [0.1, 0.15) is 5.76 Å². The fourth-order valence-electron chi connectivity index (χ4n) is 1.47. The molecule has 0 saturated carbocycles. The number of anilines is 1. The fourth-order valence-corrected chi connectivity index (χ4v) is 2.24. The van der Waals surface area contributed by atoms with Gasteiger partial charge in [-0.15, -0.1) is 0 Å². The van der Waals surface area contributed by atoms with Crippen molar-refractivity contribution < 1.29 is 9.15 Å². The molecule has 0 spiro atoms. The first-order chi connectivity index (χ1) is 9.72. The molecule has 0 aliphatic carbocycles. The fraction of sp³-hybridized carbons (Fsp3) is 0.462. The van der Waals surface area contributed by atoms with Crippen LogP contribution in [-0.4, -0.2) is 28.1 Å². The third kappa shape index (κ3) is 3.86. The van der Waals surface area contributed by atoms with Crippen molar-refractivity contribution in [3.63, 3.8) is 0 Å². The molecule has 0 aromatic carbocycles. The summed E-state index contributed by atoms with van der Waals surface area (Å²) >= 11 is 1.43. The number of ether oxygens (including phenoxy) is 1. The molecule has 108 valence electrons. The van der Waals surface area contributed by atoms with Gasteiger partial charge in [-0.3, -0.25) is 0 Å². The molecular formula is C13H18N4O2S. The van der Waals surface area contributed by atoms with Crippen molar-refractivity contribution in [2.24, 2.45) is 0 Å². The Morgan fingerprint density at radius 2 is 2.15 bits per heavy atom. The number of nitrogens with zero attached hydrogens (tertiary/aromatic N) is 3. The van der Waals surface area contributed by atoms with Gasteiger partial charge >= 0.3 is 6.01 Å². The zero-order valence-corrected chi connectivity index (χ0v) is 12.7. The molecule has 0 unspecified atom stereocenters. The largest absolute Gasteiger partial charge is 0.468 e. The van der Waals surface area contributed by atoms with Gasteiger partial charge in [-0.1, -0.05) is 6.92 Å². The van der Waals surface area contributed by atoms with E-state index in [0.29, 0.717) is 23.7 Å². The summed E-state index contributed by atoms with van der Waals surface area (Å²) in [6.07, 6.45) is 2.65. The highest BCUT2D eigenvalue weighted by atomic mass is 32.2. The minimum absolute atomic E-state index is 0.338. The van der Waals surface area contributed by atoms with Crippen LogP contribution in [0.15, 0.2) is 26.8 Å². The van der Waals surface area contributed by atoms with E-state index in [1.54, 1.807) is 6.26 Å². The molecular weight excluding hydrogens is 276 g/mol. The predicted octanol–water partition coefficient (Wildman–Crippen LogP) is 3.14. The van der Waals surface area contributed by atoms with Crippen molar-refractivity contribution in [3.8, 4) is 6.01 Å². The van der Waals surface area contributed by atoms with Gasteiger partial charge in [-0.2, -0.15) is 15.0 Å². The number of furan rings is 1. The minimum atomic E-state index is 0.338. The molecule has 0 fully saturated rings. The Kier molecular flexibility index (Phi) is 5.23. The zero-order chi connectivity index (χ0) is 14.4. The van der Waals surface area contributed by atoms with Crippen LogP contribution < -0.4 is 10.1 Å². The Balaban J connectivity index is 2.21. The molecule has 1 N–H and O–H groups in total. The van der Waals surface area contributed by atoms with E-state index in [4.69, 9.17) is 9.15 Å². The van der Waals surface area contributed by atoms with Crippen molar-refractivity contribution in [2.75, 3.05) is 18.5 Å². The third-order valence-corrected chi connectivity index (χ3v) is 3.42. The molecule has 2 rings (SSSR count). The molecule has 0 bridgehead atoms. The highest BCUT2D eigenvalue weighted by molar-refractivity contribution is 7.99. The van der Waals surface area contributed by atoms with Crippen LogP contribution in [0.1, 0.15) is 26.0 Å². The van der Waals surface area contributed by atoms with E-state index in [1.165, 1.54) is 11.8 Å². The summed E-state index contributed by atoms with van der Waals surface area (Å²) in [4.78, 5) is 13.9. The van der Waals surface area contributed by atoms with Gasteiger partial charge in [-0.25, -0.2) is 0 Å². The van der Waals surface area contributed by atoms with Gasteiger partial charge in [0.2, 0.25) is 11.1 Å². The van der Waals surface area contributed by atoms with Gasteiger partial charge in [0, 0.05) is 6.54 Å². The normalized spacial score (nSPS) is 10.6. The lowest BCUT2D eigenvalue weighted by Gasteiger charge is -2.07. The van der Waals surface area contributed by atoms with E-state index in [-0.39, 0.29) is 0 Å². The highest BCUT2D eigenvalue weighted by Gasteiger charge is 2.11. The van der Waals surface area contributed by atoms with Gasteiger partial charge in [0.05, 0.1) is 17.8 Å². The predicted molar refractivity (Wildman–Crippen MR) is 77.3 cm³/mol. The SMILES string of the molecule is CCCNc1nc(OCC)nc(Sc2ccoc2C)n1. The summed E-state index contributed by atoms with van der Waals surface area (Å²) in [5.41, 5.74) is 0. The summed E-state index contributed by atoms with van der Waals surface area (Å²) in [5, 5.41) is 3.74. The van der Waals surface area contributed by atoms with Crippen LogP contribution in [0.4, 0.5) is 5.95 Å². The van der Waals surface area contributed by atoms with Crippen LogP contribution in [0.2, 0.25) is 0 Å². The first-order valence-electron chi connectivity index (χ1n) is 6.57. The van der Waals surface area contributed by atoms with Crippen molar-refractivity contribution >= 4 is 17.7 Å². The molecule has 0 aliphatic rings. The van der Waals surface area contributed by atoms with Crippen molar-refractivity contribution in [1.29, 1.82) is 0 Å². The van der Waals surface area contributed by atoms with Crippen LogP contribution in [-0.2, 0) is 0 Å². The Morgan fingerprint density at radius 3 is 2.80 bits per heavy atom. The van der Waals surface area contributed by atoms with E-state index in [0.717, 1.165) is 23.6 Å². The second kappa shape index (κ2) is 7.14. The second-order valence-electron chi connectivity index (χ2n) is 4.03. The van der Waals surface area contributed by atoms with Gasteiger partial charge in [-0.05, 0) is 38.1 Å². The lowest BCUT2D eigenvalue weighted by Crippen LogP contribution is -2.08. The van der Waals surface area contributed by atoms with Crippen LogP contribution in [0.3, 0.4) is 0 Å². The topological polar surface area (TPSA) is 73.1 Å². The molecule has 0 saturated heterocycles. The standard InChI is InChI=1S/C13H18N4O2S/c1-4-7-14-11-15-12(18-5-2)17-13(16-11)20-10-6-8-19-9(10)3/h6,8H,4-5,7H2,1-3H3,(H,14,15,16,17). The molecule has 2 aromatic heterocycles. The number of hydrogen-bond acceptors (Lipinski definition) is 7. The van der Waals surface area contributed by atoms with Crippen molar-refractivity contribution in [1.82, 2.24) is 15.0 Å². The molecule has 0 radical (unpaired) electrons. The first kappa shape index (κ1) is 14.6. The van der Waals surface area contributed by atoms with Crippen molar-refractivity contribution in [2.45, 2.75) is 37.2 Å². The summed E-state index contributed by atoms with van der Waals surface area (Å²) < 4.78 is 10.6. The quantitative estimate of drug-likeness (QED) is 0.840. The summed E-state index contributed by atoms with van der Waals surface area (Å²) in [5.74, 6) is 1.38. The van der Waals surface area contributed by atoms with Gasteiger partial charge in [0.25, 0.3) is 0 Å². The van der Waals surface area contributed by atoms with E-state index in [2.05, 4.69) is 27.2 Å². The lowest BCUT2D eigenvalue weighted by molar-refractivity contribution is 0.308. The summed E-state index contributed by atoms with van der Waals surface area (Å²) in [6, 6.07) is 2.23. The molecule has 2 heterocycles. The lowest BCUT2D eigenvalue weighted by atomic mass is 10.5. The second-order valence-corrected chi connectivity index (χ2v) is 5.04. The van der Waals surface area contributed by atoms with E-state index < -0.39 is 0 Å². The van der Waals surface area contributed by atoms with Crippen LogP contribution in [0, 0.1) is 6.92 Å². The minimum Gasteiger partial charge on any atom is -0.468 e. The number of aromatic nitrogens is 3. The molecule has 0 amide bonds. The average Bonchev–Trinajstić information content (AvgIpc) is 2.82. The maximum Gasteiger partial charge on any atom is 0.322 e. The number of aryl methyl sites for hydroxylation is 1. The maximum absolute atomic E-state index is 5.38. The number of rotatable bonds is 7. The summed E-state index contributed by atoms with van der Waals surface area (Å²) in [6.45, 7) is 7.22. The van der Waals surface area contributed by atoms with E-state index in [9.17, 15) is 0 Å². The van der Waals surface area contributed by atoms with Gasteiger partial charge in [0.15, 0.2) is 0 Å². The third-order valence-electron chi connectivity index (χ3n) is 2.41. The number of nitrogens with one attached hydrogen (secondary N) is 1. The van der Waals surface area contributed by atoms with E-state index >= 15 is 0 Å². The first-order valence-corrected chi connectivity index (χ1v) is 7.39. The number of hydrogen-bond donors (Lipinski definition) is 1. The monoisotopic (exact) mass is 294 g/mol. The molecule has 6 nitrogen and oxygen atoms in total. The van der Waals surface area contributed by atoms with Crippen LogP contribution in [0.25, 0.3) is 0 Å². The molecule has 0 atom stereocenters. The Labute approximate surface area is 122 Å². The van der Waals surface area contributed by atoms with Crippen LogP contribution in [0.5, 0.6) is 6.01 Å². The molecule has 2 aromatic rings. The highest BCUT2D eigenvalue weighted by Crippen LogP contribution is 2.29. The molecule has 20 heavy (non-hydrogen) atoms. The van der Waals surface area contributed by atoms with E-state index in [1.807, 2.05) is 19.9 Å². The van der Waals surface area contributed by atoms with Crippen molar-refractivity contribution in [3.05, 3.63) is 18.1 Å². The van der Waals surface area contributed by atoms with Crippen LogP contribution >= 0.6 is 11.8 Å². The summed E-state index contributed by atoms with van der Waals surface area (Å²) in [7, 11) is 0. The smallest absolute Gasteiger partial charge is 0.322 e. The Bertz CT molecular complexity index is 559. The molecule has 0 aliphatic heterocycles. The van der Waals surface area contributed by atoms with Gasteiger partial charge < -0.3 is 14.5 Å². The maximum atomic E-state index is 5.38. The Morgan fingerprint density at radius 1 is 1.30 bits per heavy atom. The average molecular weight is 294 g/mol.